The van der Waals surface area contributed by atoms with Crippen LogP contribution in [0.5, 0.6) is 0 Å². The van der Waals surface area contributed by atoms with E-state index in [1.54, 1.807) is 0 Å². The van der Waals surface area contributed by atoms with Crippen molar-refractivity contribution in [1.29, 1.82) is 0 Å². The highest BCUT2D eigenvalue weighted by atomic mass is 15.5. The first-order chi connectivity index (χ1) is 5.79. The summed E-state index contributed by atoms with van der Waals surface area (Å²) in [6.45, 7) is 10.7. The summed E-state index contributed by atoms with van der Waals surface area (Å²) in [7, 11) is 0. The van der Waals surface area contributed by atoms with E-state index in [1.807, 2.05) is 0 Å². The molecule has 0 aromatic heterocycles. The van der Waals surface area contributed by atoms with Crippen LogP contribution in [0.15, 0.2) is 11.8 Å². The molecule has 1 N–H and O–H groups in total. The fourth-order valence-corrected chi connectivity index (χ4v) is 1.29. The van der Waals surface area contributed by atoms with Gasteiger partial charge in [0, 0.05) is 18.8 Å². The lowest BCUT2D eigenvalue weighted by Crippen LogP contribution is -2.37. The van der Waals surface area contributed by atoms with Crippen LogP contribution in [0.2, 0.25) is 0 Å². The fourth-order valence-electron chi connectivity index (χ4n) is 1.29. The van der Waals surface area contributed by atoms with E-state index in [0.29, 0.717) is 0 Å². The number of hydrazine groups is 1. The molecule has 0 saturated heterocycles. The minimum absolute atomic E-state index is 0.997. The van der Waals surface area contributed by atoms with Gasteiger partial charge < -0.3 is 5.01 Å². The third-order valence-corrected chi connectivity index (χ3v) is 1.84. The van der Waals surface area contributed by atoms with E-state index in [4.69, 9.17) is 0 Å². The van der Waals surface area contributed by atoms with E-state index >= 15 is 0 Å². The molecule has 0 aliphatic heterocycles. The Labute approximate surface area is 76.6 Å². The normalized spacial score (nSPS) is 11.8. The summed E-state index contributed by atoms with van der Waals surface area (Å²) < 4.78 is 0. The number of rotatable bonds is 6. The molecular weight excluding hydrogens is 148 g/mol. The maximum absolute atomic E-state index is 3.35. The third kappa shape index (κ3) is 3.77. The third-order valence-electron chi connectivity index (χ3n) is 1.84. The molecule has 0 aromatic carbocycles. The first-order valence-electron chi connectivity index (χ1n) is 4.96. The molecule has 0 aliphatic rings. The zero-order chi connectivity index (χ0) is 9.40. The van der Waals surface area contributed by atoms with Gasteiger partial charge in [0.15, 0.2) is 0 Å². The highest BCUT2D eigenvalue weighted by molar-refractivity contribution is 4.96. The minimum Gasteiger partial charge on any atom is -0.313 e. The van der Waals surface area contributed by atoms with Crippen LogP contribution in [-0.2, 0) is 0 Å². The first-order valence-corrected chi connectivity index (χ1v) is 4.96. The number of nitrogens with one attached hydrogen (secondary N) is 1. The predicted octanol–water partition coefficient (Wildman–Crippen LogP) is 2.54. The Morgan fingerprint density at radius 1 is 1.33 bits per heavy atom. The van der Waals surface area contributed by atoms with Crippen LogP contribution >= 0.6 is 0 Å². The molecule has 2 nitrogen and oxygen atoms in total. The summed E-state index contributed by atoms with van der Waals surface area (Å²) in [5.74, 6) is 0. The Hall–Kier alpha value is -0.500. The lowest BCUT2D eigenvalue weighted by atomic mass is 10.3. The summed E-state index contributed by atoms with van der Waals surface area (Å²) in [4.78, 5) is 0. The van der Waals surface area contributed by atoms with Gasteiger partial charge in [-0.1, -0.05) is 26.8 Å². The molecule has 0 heterocycles. The van der Waals surface area contributed by atoms with E-state index in [1.165, 1.54) is 12.1 Å². The summed E-state index contributed by atoms with van der Waals surface area (Å²) in [6, 6.07) is 0. The van der Waals surface area contributed by atoms with Crippen molar-refractivity contribution in [3.8, 4) is 0 Å². The van der Waals surface area contributed by atoms with Crippen LogP contribution in [-0.4, -0.2) is 18.1 Å². The topological polar surface area (TPSA) is 15.3 Å². The Kier molecular flexibility index (Phi) is 6.87. The predicted molar refractivity (Wildman–Crippen MR) is 54.7 cm³/mol. The van der Waals surface area contributed by atoms with Crippen molar-refractivity contribution in [1.82, 2.24) is 10.4 Å². The summed E-state index contributed by atoms with van der Waals surface area (Å²) in [6.07, 6.45) is 4.46. The molecule has 72 valence electrons. The van der Waals surface area contributed by atoms with Crippen molar-refractivity contribution in [2.45, 2.75) is 40.5 Å². The van der Waals surface area contributed by atoms with Gasteiger partial charge >= 0.3 is 0 Å². The van der Waals surface area contributed by atoms with E-state index < -0.39 is 0 Å². The van der Waals surface area contributed by atoms with Gasteiger partial charge in [-0.15, -0.1) is 0 Å². The van der Waals surface area contributed by atoms with E-state index in [9.17, 15) is 0 Å². The lowest BCUT2D eigenvalue weighted by molar-refractivity contribution is 0.245. The monoisotopic (exact) mass is 170 g/mol. The molecule has 0 aromatic rings. The second-order valence-electron chi connectivity index (χ2n) is 2.80. The Bertz CT molecular complexity index is 124. The largest absolute Gasteiger partial charge is 0.313 e. The highest BCUT2D eigenvalue weighted by Crippen LogP contribution is 2.05. The zero-order valence-electron chi connectivity index (χ0n) is 8.85. The van der Waals surface area contributed by atoms with E-state index in [-0.39, 0.29) is 0 Å². The van der Waals surface area contributed by atoms with Crippen molar-refractivity contribution >= 4 is 0 Å². The van der Waals surface area contributed by atoms with Gasteiger partial charge in [0.2, 0.25) is 0 Å². The number of allylic oxidation sites excluding steroid dienone is 2. The maximum Gasteiger partial charge on any atom is 0.0338 e. The average Bonchev–Trinajstić information content (AvgIpc) is 2.07. The minimum atomic E-state index is 0.997. The molecule has 0 fully saturated rings. The van der Waals surface area contributed by atoms with Crippen molar-refractivity contribution in [3.05, 3.63) is 11.8 Å². The molecule has 0 unspecified atom stereocenters. The summed E-state index contributed by atoms with van der Waals surface area (Å²) in [5, 5.41) is 2.25. The van der Waals surface area contributed by atoms with Crippen LogP contribution in [0.1, 0.15) is 40.5 Å². The van der Waals surface area contributed by atoms with Crippen LogP contribution in [0, 0.1) is 0 Å². The van der Waals surface area contributed by atoms with Crippen LogP contribution in [0.25, 0.3) is 0 Å². The summed E-state index contributed by atoms with van der Waals surface area (Å²) in [5.41, 5.74) is 4.74. The first kappa shape index (κ1) is 11.5. The smallest absolute Gasteiger partial charge is 0.0338 e. The molecule has 2 heteroatoms. The molecule has 0 spiro atoms. The molecule has 0 atom stereocenters. The van der Waals surface area contributed by atoms with Gasteiger partial charge in [-0.05, 0) is 19.8 Å². The highest BCUT2D eigenvalue weighted by Gasteiger charge is 2.02. The Morgan fingerprint density at radius 3 is 2.33 bits per heavy atom. The SMILES string of the molecule is C/C=C(/CC)N(CCC)NCC. The molecule has 0 rings (SSSR count). The lowest BCUT2D eigenvalue weighted by Gasteiger charge is -2.26. The average molecular weight is 170 g/mol. The molecule has 0 aliphatic carbocycles. The second-order valence-corrected chi connectivity index (χ2v) is 2.80. The van der Waals surface area contributed by atoms with Gasteiger partial charge in [0.05, 0.1) is 0 Å². The Balaban J connectivity index is 4.06. The van der Waals surface area contributed by atoms with Crippen LogP contribution in [0.3, 0.4) is 0 Å². The maximum atomic E-state index is 3.35. The molecular formula is C10H22N2. The summed E-state index contributed by atoms with van der Waals surface area (Å²) >= 11 is 0. The van der Waals surface area contributed by atoms with Crippen LogP contribution < -0.4 is 5.43 Å². The second kappa shape index (κ2) is 7.17. The number of hydrogen-bond donors (Lipinski definition) is 1. The van der Waals surface area contributed by atoms with Gasteiger partial charge in [-0.25, -0.2) is 5.43 Å². The Morgan fingerprint density at radius 2 is 2.00 bits per heavy atom. The van der Waals surface area contributed by atoms with Crippen molar-refractivity contribution in [2.24, 2.45) is 0 Å². The zero-order valence-corrected chi connectivity index (χ0v) is 8.85. The fraction of sp³-hybridized carbons (Fsp3) is 0.800. The van der Waals surface area contributed by atoms with Crippen molar-refractivity contribution in [2.75, 3.05) is 13.1 Å². The van der Waals surface area contributed by atoms with Crippen LogP contribution in [0.4, 0.5) is 0 Å². The van der Waals surface area contributed by atoms with Gasteiger partial charge in [-0.3, -0.25) is 0 Å². The molecule has 0 radical (unpaired) electrons. The van der Waals surface area contributed by atoms with Gasteiger partial charge in [0.1, 0.15) is 0 Å². The van der Waals surface area contributed by atoms with Gasteiger partial charge in [-0.2, -0.15) is 0 Å². The van der Waals surface area contributed by atoms with Crippen molar-refractivity contribution in [3.63, 3.8) is 0 Å². The number of hydrogen-bond acceptors (Lipinski definition) is 2. The molecule has 12 heavy (non-hydrogen) atoms. The van der Waals surface area contributed by atoms with E-state index in [2.05, 4.69) is 44.2 Å². The van der Waals surface area contributed by atoms with Gasteiger partial charge in [0.25, 0.3) is 0 Å². The quantitative estimate of drug-likeness (QED) is 0.616. The molecule has 0 saturated carbocycles. The van der Waals surface area contributed by atoms with E-state index in [0.717, 1.165) is 19.5 Å². The molecule has 0 amide bonds. The molecule has 0 bridgehead atoms. The number of nitrogens with zero attached hydrogens (tertiary/aromatic N) is 1. The van der Waals surface area contributed by atoms with Crippen molar-refractivity contribution < 1.29 is 0 Å². The standard InChI is InChI=1S/C10H22N2/c1-5-9-12(11-8-4)10(6-2)7-3/h6,11H,5,7-9H2,1-4H3/b10-6-.